The van der Waals surface area contributed by atoms with Crippen molar-refractivity contribution in [3.8, 4) is 5.69 Å². The molecule has 0 amide bonds. The van der Waals surface area contributed by atoms with Crippen molar-refractivity contribution >= 4 is 38.1 Å². The van der Waals surface area contributed by atoms with Crippen LogP contribution >= 0.6 is 0 Å². The molecule has 1 saturated carbocycles. The minimum absolute atomic E-state index is 0.0623. The van der Waals surface area contributed by atoms with Crippen LogP contribution in [0.25, 0.3) is 16.6 Å². The second-order valence-electron chi connectivity index (χ2n) is 9.80. The molecule has 2 aromatic heterocycles. The number of nitrogens with zero attached hydrogens (tertiary/aromatic N) is 3. The fraction of sp³-hybridized carbons (Fsp3) is 0.296. The third kappa shape index (κ3) is 4.76. The Morgan fingerprint density at radius 1 is 1.03 bits per heavy atom. The van der Waals surface area contributed by atoms with E-state index in [0.29, 0.717) is 24.9 Å². The summed E-state index contributed by atoms with van der Waals surface area (Å²) in [5.41, 5.74) is 0.0999. The van der Waals surface area contributed by atoms with Gasteiger partial charge in [0.2, 0.25) is 10.0 Å². The van der Waals surface area contributed by atoms with E-state index in [1.807, 2.05) is 6.92 Å². The maximum atomic E-state index is 15.0. The number of benzene rings is 2. The molecule has 5 rings (SSSR count). The van der Waals surface area contributed by atoms with Gasteiger partial charge in [0.05, 0.1) is 23.1 Å². The molecular formula is C27H28FN5O5S. The van der Waals surface area contributed by atoms with Crippen LogP contribution in [0.4, 0.5) is 21.6 Å². The zero-order valence-electron chi connectivity index (χ0n) is 21.9. The minimum atomic E-state index is -3.52. The topological polar surface area (TPSA) is 124 Å². The molecule has 0 unspecified atom stereocenters. The summed E-state index contributed by atoms with van der Waals surface area (Å²) < 4.78 is 44.3. The summed E-state index contributed by atoms with van der Waals surface area (Å²) in [4.78, 5) is 41.0. The molecule has 0 atom stereocenters. The van der Waals surface area contributed by atoms with Crippen molar-refractivity contribution in [1.82, 2.24) is 13.7 Å². The molecule has 1 aliphatic rings. The van der Waals surface area contributed by atoms with E-state index in [1.165, 1.54) is 58.0 Å². The summed E-state index contributed by atoms with van der Waals surface area (Å²) in [6, 6.07) is 10.4. The van der Waals surface area contributed by atoms with Gasteiger partial charge in [0.1, 0.15) is 17.0 Å². The van der Waals surface area contributed by atoms with E-state index < -0.39 is 32.6 Å². The number of pyridine rings is 1. The molecule has 204 valence electrons. The van der Waals surface area contributed by atoms with Crippen LogP contribution in [0.3, 0.4) is 0 Å². The van der Waals surface area contributed by atoms with Gasteiger partial charge in [0, 0.05) is 24.3 Å². The second kappa shape index (κ2) is 9.53. The van der Waals surface area contributed by atoms with Gasteiger partial charge >= 0.3 is 5.69 Å². The molecule has 4 aromatic rings. The fourth-order valence-corrected chi connectivity index (χ4v) is 5.32. The van der Waals surface area contributed by atoms with E-state index in [9.17, 15) is 27.2 Å². The van der Waals surface area contributed by atoms with E-state index in [0.717, 1.165) is 11.8 Å². The molecule has 0 saturated heterocycles. The number of rotatable bonds is 7. The average molecular weight is 554 g/mol. The van der Waals surface area contributed by atoms with Crippen molar-refractivity contribution < 1.29 is 12.8 Å². The monoisotopic (exact) mass is 553 g/mol. The molecule has 2 aromatic carbocycles. The van der Waals surface area contributed by atoms with Gasteiger partial charge in [-0.05, 0) is 68.1 Å². The van der Waals surface area contributed by atoms with E-state index in [4.69, 9.17) is 0 Å². The predicted octanol–water partition coefficient (Wildman–Crippen LogP) is 3.31. The SMILES string of the molecule is CCc1ccc(Nc2c3c(=O)n(C4CC4)c(=O)n(-c4ccc(NS(C)(=O)=O)cc4)c3c(C)c(=O)n2C)c(F)c1. The van der Waals surface area contributed by atoms with Crippen molar-refractivity contribution in [2.75, 3.05) is 16.3 Å². The number of nitrogens with one attached hydrogen (secondary N) is 2. The van der Waals surface area contributed by atoms with Crippen molar-refractivity contribution in [2.24, 2.45) is 7.05 Å². The largest absolute Gasteiger partial charge is 0.338 e. The Kier molecular flexibility index (Phi) is 6.45. The highest BCUT2D eigenvalue weighted by Crippen LogP contribution is 2.34. The summed E-state index contributed by atoms with van der Waals surface area (Å²) in [5.74, 6) is -0.479. The Balaban J connectivity index is 1.83. The maximum Gasteiger partial charge on any atom is 0.336 e. The highest BCUT2D eigenvalue weighted by Gasteiger charge is 2.31. The molecular weight excluding hydrogens is 525 g/mol. The molecule has 12 heteroatoms. The normalized spacial score (nSPS) is 13.6. The Morgan fingerprint density at radius 2 is 1.69 bits per heavy atom. The molecule has 0 bridgehead atoms. The predicted molar refractivity (Wildman–Crippen MR) is 150 cm³/mol. The summed E-state index contributed by atoms with van der Waals surface area (Å²) >= 11 is 0. The third-order valence-electron chi connectivity index (χ3n) is 6.88. The molecule has 2 N–H and O–H groups in total. The molecule has 0 spiro atoms. The molecule has 10 nitrogen and oxygen atoms in total. The highest BCUT2D eigenvalue weighted by molar-refractivity contribution is 7.92. The fourth-order valence-electron chi connectivity index (χ4n) is 4.76. The molecule has 0 radical (unpaired) electrons. The second-order valence-corrected chi connectivity index (χ2v) is 11.5. The first kappa shape index (κ1) is 26.4. The lowest BCUT2D eigenvalue weighted by Gasteiger charge is -2.21. The van der Waals surface area contributed by atoms with Crippen LogP contribution in [0.5, 0.6) is 0 Å². The molecule has 39 heavy (non-hydrogen) atoms. The van der Waals surface area contributed by atoms with Crippen molar-refractivity contribution in [3.63, 3.8) is 0 Å². The van der Waals surface area contributed by atoms with Crippen LogP contribution in [-0.4, -0.2) is 28.4 Å². The van der Waals surface area contributed by atoms with Gasteiger partial charge in [-0.3, -0.25) is 28.0 Å². The van der Waals surface area contributed by atoms with Crippen LogP contribution in [-0.2, 0) is 23.5 Å². The van der Waals surface area contributed by atoms with Gasteiger partial charge in [-0.2, -0.15) is 0 Å². The zero-order valence-corrected chi connectivity index (χ0v) is 22.7. The standard InChI is InChI=1S/C27H28FN5O5S/c1-5-16-6-13-21(20(28)14-16)29-24-22-23(15(2)25(34)31(24)3)32(27(36)33(26(22)35)19-11-12-19)18-9-7-17(8-10-18)30-39(4,37)38/h6-10,13-14,19,29-30H,5,11-12H2,1-4H3. The smallest absolute Gasteiger partial charge is 0.336 e. The zero-order chi connectivity index (χ0) is 28.2. The summed E-state index contributed by atoms with van der Waals surface area (Å²) in [6.07, 6.45) is 2.97. The number of halogens is 1. The number of hydrogen-bond acceptors (Lipinski definition) is 6. The number of anilines is 3. The van der Waals surface area contributed by atoms with E-state index in [-0.39, 0.29) is 39.7 Å². The van der Waals surface area contributed by atoms with Gasteiger partial charge < -0.3 is 5.32 Å². The van der Waals surface area contributed by atoms with Gasteiger partial charge in [-0.1, -0.05) is 13.0 Å². The van der Waals surface area contributed by atoms with Crippen molar-refractivity contribution in [2.45, 2.75) is 39.2 Å². The number of sulfonamides is 1. The molecule has 1 fully saturated rings. The Morgan fingerprint density at radius 3 is 2.26 bits per heavy atom. The van der Waals surface area contributed by atoms with Crippen molar-refractivity contribution in [3.05, 3.63) is 90.6 Å². The first-order chi connectivity index (χ1) is 18.4. The van der Waals surface area contributed by atoms with Crippen LogP contribution in [0.15, 0.2) is 56.8 Å². The van der Waals surface area contributed by atoms with Gasteiger partial charge in [-0.25, -0.2) is 17.6 Å². The molecule has 0 aliphatic heterocycles. The highest BCUT2D eigenvalue weighted by atomic mass is 32.2. The molecule has 2 heterocycles. The summed E-state index contributed by atoms with van der Waals surface area (Å²) in [5, 5.41) is 3.01. The van der Waals surface area contributed by atoms with Crippen LogP contribution in [0.2, 0.25) is 0 Å². The van der Waals surface area contributed by atoms with Gasteiger partial charge in [-0.15, -0.1) is 0 Å². The minimum Gasteiger partial charge on any atom is -0.338 e. The van der Waals surface area contributed by atoms with Crippen LogP contribution in [0.1, 0.15) is 36.9 Å². The quantitative estimate of drug-likeness (QED) is 0.362. The van der Waals surface area contributed by atoms with Gasteiger partial charge in [0.15, 0.2) is 0 Å². The maximum absolute atomic E-state index is 15.0. The van der Waals surface area contributed by atoms with E-state index in [2.05, 4.69) is 10.0 Å². The molecule has 1 aliphatic carbocycles. The van der Waals surface area contributed by atoms with Crippen molar-refractivity contribution in [1.29, 1.82) is 0 Å². The summed E-state index contributed by atoms with van der Waals surface area (Å²) in [7, 11) is -2.04. The number of aryl methyl sites for hydroxylation is 2. The first-order valence-corrected chi connectivity index (χ1v) is 14.3. The van der Waals surface area contributed by atoms with Gasteiger partial charge in [0.25, 0.3) is 11.1 Å². The van der Waals surface area contributed by atoms with Crippen LogP contribution in [0, 0.1) is 12.7 Å². The lowest BCUT2D eigenvalue weighted by Crippen LogP contribution is -2.41. The summed E-state index contributed by atoms with van der Waals surface area (Å²) in [6.45, 7) is 3.43. The third-order valence-corrected chi connectivity index (χ3v) is 7.49. The van der Waals surface area contributed by atoms with Crippen LogP contribution < -0.4 is 26.8 Å². The van der Waals surface area contributed by atoms with E-state index in [1.54, 1.807) is 12.1 Å². The Bertz CT molecular complexity index is 1920. The number of aromatic nitrogens is 3. The average Bonchev–Trinajstić information content (AvgIpc) is 3.71. The lowest BCUT2D eigenvalue weighted by molar-refractivity contribution is 0.607. The first-order valence-electron chi connectivity index (χ1n) is 12.5. The lowest BCUT2D eigenvalue weighted by atomic mass is 10.1. The number of fused-ring (bicyclic) bond motifs is 1. The van der Waals surface area contributed by atoms with E-state index >= 15 is 0 Å². The Labute approximate surface area is 223 Å². The number of hydrogen-bond donors (Lipinski definition) is 2. The Hall–Kier alpha value is -4.19.